The van der Waals surface area contributed by atoms with Crippen LogP contribution >= 0.6 is 0 Å². The minimum absolute atomic E-state index is 0.129. The van der Waals surface area contributed by atoms with E-state index in [9.17, 15) is 15.0 Å². The van der Waals surface area contributed by atoms with E-state index in [-0.39, 0.29) is 22.8 Å². The lowest BCUT2D eigenvalue weighted by Crippen LogP contribution is -1.98. The van der Waals surface area contributed by atoms with Gasteiger partial charge in [-0.1, -0.05) is 48.5 Å². The van der Waals surface area contributed by atoms with Gasteiger partial charge < -0.3 is 14.9 Å². The summed E-state index contributed by atoms with van der Waals surface area (Å²) >= 11 is 0. The van der Waals surface area contributed by atoms with Crippen molar-refractivity contribution in [2.45, 2.75) is 6.61 Å². The van der Waals surface area contributed by atoms with Crippen molar-refractivity contribution in [3.05, 3.63) is 95.6 Å². The Bertz CT molecular complexity index is 913. The van der Waals surface area contributed by atoms with Gasteiger partial charge in [-0.2, -0.15) is 0 Å². The summed E-state index contributed by atoms with van der Waals surface area (Å²) in [5.74, 6) is 0.212. The van der Waals surface area contributed by atoms with Crippen LogP contribution in [0.15, 0.2) is 78.9 Å². The molecule has 0 saturated carbocycles. The summed E-state index contributed by atoms with van der Waals surface area (Å²) in [6.45, 7) is 0.383. The number of phenolic OH excluding ortho intramolecular Hbond substituents is 2. The van der Waals surface area contributed by atoms with Gasteiger partial charge in [-0.15, -0.1) is 0 Å². The summed E-state index contributed by atoms with van der Waals surface area (Å²) < 4.78 is 5.64. The molecule has 4 heteroatoms. The summed E-state index contributed by atoms with van der Waals surface area (Å²) in [6.07, 6.45) is 3.01. The maximum Gasteiger partial charge on any atom is 0.189 e. The number of carbonyl (C=O) groups is 1. The number of carbonyl (C=O) groups excluding carboxylic acids is 1. The van der Waals surface area contributed by atoms with Crippen LogP contribution in [-0.2, 0) is 6.61 Å². The van der Waals surface area contributed by atoms with Crippen molar-refractivity contribution in [3.63, 3.8) is 0 Å². The summed E-state index contributed by atoms with van der Waals surface area (Å²) in [6, 6.07) is 20.8. The Morgan fingerprint density at radius 1 is 0.923 bits per heavy atom. The van der Waals surface area contributed by atoms with E-state index < -0.39 is 0 Å². The Balaban J connectivity index is 1.66. The second kappa shape index (κ2) is 8.03. The Morgan fingerprint density at radius 3 is 2.35 bits per heavy atom. The van der Waals surface area contributed by atoms with Gasteiger partial charge in [-0.3, -0.25) is 4.79 Å². The third kappa shape index (κ3) is 4.51. The van der Waals surface area contributed by atoms with E-state index in [1.54, 1.807) is 42.5 Å². The highest BCUT2D eigenvalue weighted by Gasteiger charge is 2.09. The van der Waals surface area contributed by atoms with Gasteiger partial charge in [0.05, 0.1) is 5.56 Å². The van der Waals surface area contributed by atoms with Crippen molar-refractivity contribution in [1.29, 1.82) is 0 Å². The van der Waals surface area contributed by atoms with Crippen LogP contribution < -0.4 is 4.74 Å². The molecule has 130 valence electrons. The maximum atomic E-state index is 12.3. The first-order valence-electron chi connectivity index (χ1n) is 8.13. The molecule has 0 fully saturated rings. The quantitative estimate of drug-likeness (QED) is 0.507. The van der Waals surface area contributed by atoms with Gasteiger partial charge in [0.15, 0.2) is 5.78 Å². The molecular formula is C22H18O4. The minimum atomic E-state index is -0.315. The number of ether oxygens (including phenoxy) is 1. The average Bonchev–Trinajstić information content (AvgIpc) is 2.66. The molecule has 2 N–H and O–H groups in total. The second-order valence-corrected chi connectivity index (χ2v) is 5.74. The van der Waals surface area contributed by atoms with Gasteiger partial charge in [0.2, 0.25) is 0 Å². The first-order chi connectivity index (χ1) is 12.6. The molecule has 3 aromatic carbocycles. The van der Waals surface area contributed by atoms with E-state index in [2.05, 4.69) is 0 Å². The van der Waals surface area contributed by atoms with Crippen LogP contribution in [0.1, 0.15) is 21.5 Å². The zero-order valence-electron chi connectivity index (χ0n) is 14.0. The van der Waals surface area contributed by atoms with Gasteiger partial charge in [0.25, 0.3) is 0 Å². The van der Waals surface area contributed by atoms with Crippen molar-refractivity contribution in [1.82, 2.24) is 0 Å². The summed E-state index contributed by atoms with van der Waals surface area (Å²) in [5.41, 5.74) is 1.99. The van der Waals surface area contributed by atoms with Crippen LogP contribution in [0.2, 0.25) is 0 Å². The standard InChI is InChI=1S/C22H18O4/c23-18-9-6-16(7-10-18)8-13-21(24)20-12-11-19(14-22(20)25)26-15-17-4-2-1-3-5-17/h1-14,23,25H,15H2/b13-8+. The third-order valence-corrected chi connectivity index (χ3v) is 3.80. The van der Waals surface area contributed by atoms with E-state index >= 15 is 0 Å². The summed E-state index contributed by atoms with van der Waals surface area (Å²) in [7, 11) is 0. The Labute approximate surface area is 151 Å². The van der Waals surface area contributed by atoms with Crippen LogP contribution in [0.3, 0.4) is 0 Å². The number of aromatic hydroxyl groups is 2. The first kappa shape index (κ1) is 17.3. The smallest absolute Gasteiger partial charge is 0.189 e. The van der Waals surface area contributed by atoms with Gasteiger partial charge in [0.1, 0.15) is 23.9 Å². The zero-order chi connectivity index (χ0) is 18.4. The molecule has 26 heavy (non-hydrogen) atoms. The molecule has 0 heterocycles. The lowest BCUT2D eigenvalue weighted by Gasteiger charge is -2.08. The number of benzene rings is 3. The van der Waals surface area contributed by atoms with Gasteiger partial charge in [-0.05, 0) is 41.5 Å². The van der Waals surface area contributed by atoms with Crippen molar-refractivity contribution < 1.29 is 19.7 Å². The molecule has 0 saturated heterocycles. The molecule has 4 nitrogen and oxygen atoms in total. The maximum absolute atomic E-state index is 12.3. The minimum Gasteiger partial charge on any atom is -0.508 e. The molecule has 3 rings (SSSR count). The second-order valence-electron chi connectivity index (χ2n) is 5.74. The molecule has 0 atom stereocenters. The predicted molar refractivity (Wildman–Crippen MR) is 100 cm³/mol. The van der Waals surface area contributed by atoms with Crippen LogP contribution in [-0.4, -0.2) is 16.0 Å². The fourth-order valence-electron chi connectivity index (χ4n) is 2.40. The molecule has 0 radical (unpaired) electrons. The monoisotopic (exact) mass is 346 g/mol. The van der Waals surface area contributed by atoms with Crippen molar-refractivity contribution in [2.75, 3.05) is 0 Å². The van der Waals surface area contributed by atoms with Crippen LogP contribution in [0, 0.1) is 0 Å². The number of phenols is 2. The first-order valence-corrected chi connectivity index (χ1v) is 8.13. The van der Waals surface area contributed by atoms with Gasteiger partial charge in [0, 0.05) is 6.07 Å². The highest BCUT2D eigenvalue weighted by molar-refractivity contribution is 6.08. The van der Waals surface area contributed by atoms with E-state index in [0.717, 1.165) is 11.1 Å². The molecular weight excluding hydrogens is 328 g/mol. The number of rotatable bonds is 6. The van der Waals surface area contributed by atoms with E-state index in [1.165, 1.54) is 12.1 Å². The van der Waals surface area contributed by atoms with E-state index in [0.29, 0.717) is 12.4 Å². The molecule has 0 aliphatic carbocycles. The molecule has 0 unspecified atom stereocenters. The topological polar surface area (TPSA) is 66.8 Å². The molecule has 0 aliphatic heterocycles. The average molecular weight is 346 g/mol. The zero-order valence-corrected chi connectivity index (χ0v) is 14.0. The molecule has 0 aromatic heterocycles. The van der Waals surface area contributed by atoms with Crippen LogP contribution in [0.4, 0.5) is 0 Å². The molecule has 0 spiro atoms. The number of hydrogen-bond donors (Lipinski definition) is 2. The normalized spacial score (nSPS) is 10.8. The SMILES string of the molecule is O=C(/C=C/c1ccc(O)cc1)c1ccc(OCc2ccccc2)cc1O. The highest BCUT2D eigenvalue weighted by atomic mass is 16.5. The highest BCUT2D eigenvalue weighted by Crippen LogP contribution is 2.25. The Hall–Kier alpha value is -3.53. The molecule has 0 aliphatic rings. The van der Waals surface area contributed by atoms with Crippen LogP contribution in [0.25, 0.3) is 6.08 Å². The lowest BCUT2D eigenvalue weighted by molar-refractivity contribution is 0.104. The largest absolute Gasteiger partial charge is 0.508 e. The van der Waals surface area contributed by atoms with Crippen molar-refractivity contribution in [3.8, 4) is 17.2 Å². The molecule has 0 amide bonds. The van der Waals surface area contributed by atoms with E-state index in [4.69, 9.17) is 4.74 Å². The third-order valence-electron chi connectivity index (χ3n) is 3.80. The van der Waals surface area contributed by atoms with Crippen LogP contribution in [0.5, 0.6) is 17.2 Å². The van der Waals surface area contributed by atoms with Crippen molar-refractivity contribution >= 4 is 11.9 Å². The number of allylic oxidation sites excluding steroid dienone is 1. The van der Waals surface area contributed by atoms with E-state index in [1.807, 2.05) is 30.3 Å². The summed E-state index contributed by atoms with van der Waals surface area (Å²) in [4.78, 5) is 12.3. The number of hydrogen-bond acceptors (Lipinski definition) is 4. The van der Waals surface area contributed by atoms with Crippen molar-refractivity contribution in [2.24, 2.45) is 0 Å². The Kier molecular flexibility index (Phi) is 5.34. The summed E-state index contributed by atoms with van der Waals surface area (Å²) in [5, 5.41) is 19.4. The molecule has 3 aromatic rings. The lowest BCUT2D eigenvalue weighted by atomic mass is 10.1. The fraction of sp³-hybridized carbons (Fsp3) is 0.0455. The van der Waals surface area contributed by atoms with Gasteiger partial charge >= 0.3 is 0 Å². The fourth-order valence-corrected chi connectivity index (χ4v) is 2.40. The Morgan fingerprint density at radius 2 is 1.65 bits per heavy atom. The van der Waals surface area contributed by atoms with Gasteiger partial charge in [-0.25, -0.2) is 0 Å². The molecule has 0 bridgehead atoms. The predicted octanol–water partition coefficient (Wildman–Crippen LogP) is 4.57. The number of ketones is 1.